The van der Waals surface area contributed by atoms with Gasteiger partial charge in [-0.05, 0) is 0 Å². The van der Waals surface area contributed by atoms with Crippen LogP contribution < -0.4 is 0 Å². The minimum Gasteiger partial charge on any atom is -0.477 e. The lowest BCUT2D eigenvalue weighted by Crippen LogP contribution is -1.91. The number of thiol groups is 1. The van der Waals surface area contributed by atoms with Crippen LogP contribution in [0.3, 0.4) is 0 Å². The van der Waals surface area contributed by atoms with Gasteiger partial charge in [0.15, 0.2) is 0 Å². The molecule has 0 rings (SSSR count). The molecule has 0 aliphatic rings. The smallest absolute Gasteiger partial charge is 0.342 e. The molecule has 0 fully saturated rings. The van der Waals surface area contributed by atoms with Crippen molar-refractivity contribution in [3.05, 3.63) is 11.5 Å². The van der Waals surface area contributed by atoms with E-state index < -0.39 is 5.97 Å². The largest absolute Gasteiger partial charge is 0.477 e. The zero-order valence-electron chi connectivity index (χ0n) is 3.42. The van der Waals surface area contributed by atoms with Gasteiger partial charge in [0.05, 0.1) is 4.91 Å². The summed E-state index contributed by atoms with van der Waals surface area (Å²) in [5, 5.41) is 8.01. The Kier molecular flexibility index (Phi) is 2.95. The Labute approximate surface area is 50.4 Å². The minimum atomic E-state index is -1.01. The third-order valence-corrected chi connectivity index (χ3v) is 1.40. The van der Waals surface area contributed by atoms with Crippen molar-refractivity contribution >= 4 is 28.4 Å². The van der Waals surface area contributed by atoms with Crippen LogP contribution in [-0.4, -0.2) is 11.1 Å². The molecule has 0 aromatic heterocycles. The van der Waals surface area contributed by atoms with Gasteiger partial charge in [-0.1, -0.05) is 17.4 Å². The number of rotatable bonds is 2. The monoisotopic (exact) mass is 136 g/mol. The molecule has 0 atom stereocenters. The first-order chi connectivity index (χ1) is 3.18. The van der Waals surface area contributed by atoms with Gasteiger partial charge in [-0.2, -0.15) is 0 Å². The predicted octanol–water partition coefficient (Wildman–Crippen LogP) is 1.16. The summed E-state index contributed by atoms with van der Waals surface area (Å²) >= 11 is 3.59. The van der Waals surface area contributed by atoms with E-state index in [1.807, 2.05) is 0 Å². The molecule has 2 nitrogen and oxygen atoms in total. The van der Waals surface area contributed by atoms with Crippen molar-refractivity contribution in [2.45, 2.75) is 0 Å². The summed E-state index contributed by atoms with van der Waals surface area (Å²) in [4.78, 5) is 9.81. The van der Waals surface area contributed by atoms with Gasteiger partial charge < -0.3 is 5.11 Å². The van der Waals surface area contributed by atoms with E-state index in [-0.39, 0.29) is 4.91 Å². The van der Waals surface area contributed by atoms with E-state index in [1.165, 1.54) is 0 Å². The first kappa shape index (κ1) is 6.91. The molecule has 0 bridgehead atoms. The highest BCUT2D eigenvalue weighted by Gasteiger charge is 1.98. The highest BCUT2D eigenvalue weighted by molar-refractivity contribution is 8.70. The van der Waals surface area contributed by atoms with Crippen LogP contribution in [0.2, 0.25) is 0 Å². The SMILES string of the molecule is C=C(SS)C(=O)O. The fourth-order valence-corrected chi connectivity index (χ4v) is 0.351. The minimum absolute atomic E-state index is 0.0448. The van der Waals surface area contributed by atoms with Gasteiger partial charge in [0.25, 0.3) is 0 Å². The van der Waals surface area contributed by atoms with Gasteiger partial charge >= 0.3 is 5.97 Å². The molecule has 0 amide bonds. The highest BCUT2D eigenvalue weighted by Crippen LogP contribution is 2.15. The van der Waals surface area contributed by atoms with Gasteiger partial charge in [-0.3, -0.25) is 0 Å². The van der Waals surface area contributed by atoms with Crippen molar-refractivity contribution in [2.24, 2.45) is 0 Å². The van der Waals surface area contributed by atoms with Gasteiger partial charge in [-0.15, -0.1) is 11.7 Å². The van der Waals surface area contributed by atoms with E-state index in [0.717, 1.165) is 10.8 Å². The summed E-state index contributed by atoms with van der Waals surface area (Å²) in [5.74, 6) is -1.01. The topological polar surface area (TPSA) is 37.3 Å². The average Bonchev–Trinajstić information content (AvgIpc) is 1.65. The van der Waals surface area contributed by atoms with Crippen molar-refractivity contribution < 1.29 is 9.90 Å². The first-order valence-electron chi connectivity index (χ1n) is 1.42. The van der Waals surface area contributed by atoms with Gasteiger partial charge in [0.2, 0.25) is 0 Å². The summed E-state index contributed by atoms with van der Waals surface area (Å²) in [7, 11) is 0.833. The number of carboxylic acids is 1. The Morgan fingerprint density at radius 1 is 1.86 bits per heavy atom. The summed E-state index contributed by atoms with van der Waals surface area (Å²) in [5.41, 5.74) is 0. The van der Waals surface area contributed by atoms with E-state index in [1.54, 1.807) is 0 Å². The molecule has 0 heterocycles. The lowest BCUT2D eigenvalue weighted by molar-refractivity contribution is -0.131. The van der Waals surface area contributed by atoms with Crippen LogP contribution in [0.15, 0.2) is 11.5 Å². The van der Waals surface area contributed by atoms with E-state index in [0.29, 0.717) is 0 Å². The van der Waals surface area contributed by atoms with Crippen LogP contribution in [0.1, 0.15) is 0 Å². The van der Waals surface area contributed by atoms with Crippen molar-refractivity contribution in [3.8, 4) is 0 Å². The molecule has 0 spiro atoms. The lowest BCUT2D eigenvalue weighted by atomic mass is 10.7. The maximum Gasteiger partial charge on any atom is 0.342 e. The Balaban J connectivity index is 3.58. The van der Waals surface area contributed by atoms with Crippen LogP contribution in [0.5, 0.6) is 0 Å². The van der Waals surface area contributed by atoms with Gasteiger partial charge in [0.1, 0.15) is 0 Å². The molecule has 4 heteroatoms. The summed E-state index contributed by atoms with van der Waals surface area (Å²) in [6.45, 7) is 3.16. The fourth-order valence-electron chi connectivity index (χ4n) is 0.0390. The number of hydrogen-bond acceptors (Lipinski definition) is 3. The zero-order valence-corrected chi connectivity index (χ0v) is 5.13. The van der Waals surface area contributed by atoms with E-state index in [9.17, 15) is 4.79 Å². The second-order valence-electron chi connectivity index (χ2n) is 0.820. The van der Waals surface area contributed by atoms with Crippen molar-refractivity contribution in [2.75, 3.05) is 0 Å². The molecule has 0 saturated heterocycles. The molecule has 40 valence electrons. The standard InChI is InChI=1S/C3H4O2S2/c1-2(7-6)3(4)5/h6H,1H2,(H,4,5). The van der Waals surface area contributed by atoms with E-state index in [4.69, 9.17) is 5.11 Å². The highest BCUT2D eigenvalue weighted by atomic mass is 33.1. The summed E-state index contributed by atoms with van der Waals surface area (Å²) in [6.07, 6.45) is 0. The fraction of sp³-hybridized carbons (Fsp3) is 0. The summed E-state index contributed by atoms with van der Waals surface area (Å²) < 4.78 is 0. The van der Waals surface area contributed by atoms with Crippen molar-refractivity contribution in [1.29, 1.82) is 0 Å². The number of carboxylic acid groups (broad SMARTS) is 1. The molecular weight excluding hydrogens is 132 g/mol. The van der Waals surface area contributed by atoms with Crippen LogP contribution in [-0.2, 0) is 4.79 Å². The van der Waals surface area contributed by atoms with Gasteiger partial charge in [0, 0.05) is 0 Å². The van der Waals surface area contributed by atoms with Crippen LogP contribution in [0.4, 0.5) is 0 Å². The zero-order chi connectivity index (χ0) is 5.86. The lowest BCUT2D eigenvalue weighted by Gasteiger charge is -1.86. The third kappa shape index (κ3) is 2.59. The average molecular weight is 136 g/mol. The first-order valence-corrected chi connectivity index (χ1v) is 3.29. The molecular formula is C3H4O2S2. The number of aliphatic carboxylic acids is 1. The van der Waals surface area contributed by atoms with Crippen LogP contribution in [0.25, 0.3) is 0 Å². The Hall–Kier alpha value is -0.0900. The Bertz CT molecular complexity index is 99.1. The molecule has 0 aliphatic carbocycles. The maximum atomic E-state index is 9.76. The molecule has 0 aliphatic heterocycles. The maximum absolute atomic E-state index is 9.76. The molecule has 0 aromatic rings. The van der Waals surface area contributed by atoms with Gasteiger partial charge in [-0.25, -0.2) is 4.79 Å². The number of carbonyl (C=O) groups is 1. The predicted molar refractivity (Wildman–Crippen MR) is 33.4 cm³/mol. The number of hydrogen-bond donors (Lipinski definition) is 2. The second-order valence-corrected chi connectivity index (χ2v) is 2.04. The Morgan fingerprint density at radius 2 is 2.29 bits per heavy atom. The Morgan fingerprint density at radius 3 is 2.29 bits per heavy atom. The molecule has 0 aromatic carbocycles. The molecule has 0 unspecified atom stereocenters. The van der Waals surface area contributed by atoms with Crippen LogP contribution in [0, 0.1) is 0 Å². The normalized spacial score (nSPS) is 8.14. The van der Waals surface area contributed by atoms with E-state index >= 15 is 0 Å². The quantitative estimate of drug-likeness (QED) is 0.340. The molecule has 0 saturated carbocycles. The molecule has 1 N–H and O–H groups in total. The molecule has 7 heavy (non-hydrogen) atoms. The second kappa shape index (κ2) is 2.98. The van der Waals surface area contributed by atoms with Crippen molar-refractivity contribution in [3.63, 3.8) is 0 Å². The van der Waals surface area contributed by atoms with E-state index in [2.05, 4.69) is 18.2 Å². The summed E-state index contributed by atoms with van der Waals surface area (Å²) in [6, 6.07) is 0. The van der Waals surface area contributed by atoms with Crippen LogP contribution >= 0.6 is 22.5 Å². The molecule has 0 radical (unpaired) electrons. The van der Waals surface area contributed by atoms with Crippen molar-refractivity contribution in [1.82, 2.24) is 0 Å². The third-order valence-electron chi connectivity index (χ3n) is 0.349.